The molecule has 2 aliphatic rings. The van der Waals surface area contributed by atoms with Crippen LogP contribution < -0.4 is 4.90 Å². The molecule has 176 valence electrons. The van der Waals surface area contributed by atoms with Crippen LogP contribution in [0, 0.1) is 6.92 Å². The van der Waals surface area contributed by atoms with Crippen molar-refractivity contribution in [2.45, 2.75) is 44.4 Å². The summed E-state index contributed by atoms with van der Waals surface area (Å²) in [4.78, 5) is 41.7. The van der Waals surface area contributed by atoms with Gasteiger partial charge in [0, 0.05) is 37.0 Å². The highest BCUT2D eigenvalue weighted by molar-refractivity contribution is 5.89. The van der Waals surface area contributed by atoms with Gasteiger partial charge in [0.1, 0.15) is 11.6 Å². The van der Waals surface area contributed by atoms with Gasteiger partial charge in [-0.2, -0.15) is 13.2 Å². The van der Waals surface area contributed by atoms with E-state index in [1.54, 1.807) is 20.0 Å². The number of hydrogen-bond donors (Lipinski definition) is 1. The Hall–Kier alpha value is -3.51. The second-order valence-electron chi connectivity index (χ2n) is 8.18. The number of cyclic esters (lactones) is 1. The quantitative estimate of drug-likeness (QED) is 0.731. The van der Waals surface area contributed by atoms with Gasteiger partial charge in [0.25, 0.3) is 0 Å². The molecule has 2 fully saturated rings. The van der Waals surface area contributed by atoms with Crippen LogP contribution in [0.5, 0.6) is 0 Å². The number of ether oxygens (including phenoxy) is 1. The molecule has 0 bridgehead atoms. The van der Waals surface area contributed by atoms with Crippen LogP contribution in [0.4, 0.5) is 28.6 Å². The molecule has 2 aromatic heterocycles. The van der Waals surface area contributed by atoms with Gasteiger partial charge < -0.3 is 14.7 Å². The minimum absolute atomic E-state index is 0.0854. The first-order valence-corrected chi connectivity index (χ1v) is 10.2. The monoisotopic (exact) mass is 466 g/mol. The summed E-state index contributed by atoms with van der Waals surface area (Å²) in [6.07, 6.45) is -3.04. The van der Waals surface area contributed by atoms with Gasteiger partial charge in [0.15, 0.2) is 5.60 Å². The maximum Gasteiger partial charge on any atom is 0.451 e. The number of rotatable bonds is 3. The minimum atomic E-state index is -4.76. The first kappa shape index (κ1) is 22.7. The van der Waals surface area contributed by atoms with E-state index >= 15 is 0 Å². The minimum Gasteiger partial charge on any atom is -0.465 e. The van der Waals surface area contributed by atoms with E-state index in [1.165, 1.54) is 11.0 Å². The Kier molecular flexibility index (Phi) is 5.58. The lowest BCUT2D eigenvalue weighted by molar-refractivity contribution is -0.144. The molecular weight excluding hydrogens is 445 g/mol. The Morgan fingerprint density at radius 3 is 2.58 bits per heavy atom. The van der Waals surface area contributed by atoms with Gasteiger partial charge in [0.05, 0.1) is 12.2 Å². The lowest BCUT2D eigenvalue weighted by Gasteiger charge is -2.32. The third kappa shape index (κ3) is 4.39. The van der Waals surface area contributed by atoms with E-state index in [0.29, 0.717) is 43.0 Å². The van der Waals surface area contributed by atoms with E-state index in [9.17, 15) is 27.9 Å². The normalized spacial score (nSPS) is 21.9. The van der Waals surface area contributed by atoms with Gasteiger partial charge in [-0.15, -0.1) is 0 Å². The lowest BCUT2D eigenvalue weighted by atomic mass is 9.85. The summed E-state index contributed by atoms with van der Waals surface area (Å²) in [7, 11) is 0. The van der Waals surface area contributed by atoms with Crippen LogP contribution in [0.15, 0.2) is 18.5 Å². The molecule has 0 aromatic carbocycles. The zero-order chi connectivity index (χ0) is 24.0. The van der Waals surface area contributed by atoms with Gasteiger partial charge in [-0.1, -0.05) is 0 Å². The molecule has 2 aromatic rings. The van der Waals surface area contributed by atoms with E-state index in [2.05, 4.69) is 19.9 Å². The molecule has 2 saturated heterocycles. The van der Waals surface area contributed by atoms with Crippen molar-refractivity contribution in [2.24, 2.45) is 0 Å². The van der Waals surface area contributed by atoms with Crippen molar-refractivity contribution in [2.75, 3.05) is 24.5 Å². The summed E-state index contributed by atoms with van der Waals surface area (Å²) in [6.45, 7) is 3.93. The molecule has 33 heavy (non-hydrogen) atoms. The number of anilines is 1. The molecule has 1 N–H and O–H groups in total. The Bertz CT molecular complexity index is 1090. The van der Waals surface area contributed by atoms with Crippen molar-refractivity contribution in [1.29, 1.82) is 0 Å². The first-order chi connectivity index (χ1) is 15.5. The molecule has 13 heteroatoms. The second-order valence-corrected chi connectivity index (χ2v) is 8.18. The Morgan fingerprint density at radius 2 is 1.94 bits per heavy atom. The molecule has 0 spiro atoms. The number of nitrogens with zero attached hydrogens (tertiary/aromatic N) is 6. The van der Waals surface area contributed by atoms with E-state index in [0.717, 1.165) is 11.1 Å². The number of alkyl halides is 3. The van der Waals surface area contributed by atoms with Crippen molar-refractivity contribution in [3.8, 4) is 0 Å². The van der Waals surface area contributed by atoms with Crippen LogP contribution >= 0.6 is 0 Å². The van der Waals surface area contributed by atoms with Gasteiger partial charge in [0.2, 0.25) is 5.82 Å². The Balaban J connectivity index is 1.64. The third-order valence-corrected chi connectivity index (χ3v) is 5.82. The molecular formula is C20H21F3N6O4. The summed E-state index contributed by atoms with van der Waals surface area (Å²) < 4.78 is 44.7. The molecule has 1 atom stereocenters. The van der Waals surface area contributed by atoms with Crippen LogP contribution in [0.2, 0.25) is 0 Å². The van der Waals surface area contributed by atoms with E-state index < -0.39 is 29.8 Å². The maximum absolute atomic E-state index is 13.0. The standard InChI is InChI=1S/C20H21F3N6O4/c1-11-25-9-13(15(26-11)12-4-7-28(8-5-12)17(30)31)19(2)10-29(18(32)33-19)14-3-6-24-16(27-14)20(21,22)23/h3,6,9,12H,4-5,7-8,10H2,1-2H3,(H,30,31). The molecule has 1 unspecified atom stereocenters. The molecule has 10 nitrogen and oxygen atoms in total. The number of carbonyl (C=O) groups excluding carboxylic acids is 1. The van der Waals surface area contributed by atoms with E-state index in [-0.39, 0.29) is 18.3 Å². The van der Waals surface area contributed by atoms with Crippen molar-refractivity contribution >= 4 is 18.0 Å². The molecule has 0 aliphatic carbocycles. The summed E-state index contributed by atoms with van der Waals surface area (Å²) in [5.41, 5.74) is -0.0703. The number of piperidine rings is 1. The van der Waals surface area contributed by atoms with Gasteiger partial charge >= 0.3 is 18.4 Å². The summed E-state index contributed by atoms with van der Waals surface area (Å²) in [5, 5.41) is 9.20. The van der Waals surface area contributed by atoms with Crippen LogP contribution in [-0.4, -0.2) is 61.8 Å². The van der Waals surface area contributed by atoms with Gasteiger partial charge in [-0.05, 0) is 32.8 Å². The highest BCUT2D eigenvalue weighted by Gasteiger charge is 2.47. The molecule has 0 radical (unpaired) electrons. The fourth-order valence-corrected chi connectivity index (χ4v) is 4.15. The largest absolute Gasteiger partial charge is 0.465 e. The molecule has 4 heterocycles. The van der Waals surface area contributed by atoms with Crippen molar-refractivity contribution in [3.05, 3.63) is 41.4 Å². The summed E-state index contributed by atoms with van der Waals surface area (Å²) in [5.74, 6) is -1.16. The highest BCUT2D eigenvalue weighted by atomic mass is 19.4. The predicted octanol–water partition coefficient (Wildman–Crippen LogP) is 3.32. The predicted molar refractivity (Wildman–Crippen MR) is 107 cm³/mol. The zero-order valence-corrected chi connectivity index (χ0v) is 17.8. The van der Waals surface area contributed by atoms with Crippen LogP contribution in [0.1, 0.15) is 48.6 Å². The summed E-state index contributed by atoms with van der Waals surface area (Å²) in [6, 6.07) is 1.20. The number of likely N-dealkylation sites (tertiary alicyclic amines) is 1. The van der Waals surface area contributed by atoms with Crippen molar-refractivity contribution < 1.29 is 32.6 Å². The lowest BCUT2D eigenvalue weighted by Crippen LogP contribution is -2.38. The third-order valence-electron chi connectivity index (χ3n) is 5.82. The first-order valence-electron chi connectivity index (χ1n) is 10.2. The molecule has 4 rings (SSSR count). The summed E-state index contributed by atoms with van der Waals surface area (Å²) >= 11 is 0. The van der Waals surface area contributed by atoms with Crippen LogP contribution in [0.25, 0.3) is 0 Å². The smallest absolute Gasteiger partial charge is 0.451 e. The van der Waals surface area contributed by atoms with Crippen molar-refractivity contribution in [1.82, 2.24) is 24.8 Å². The maximum atomic E-state index is 13.0. The number of halogens is 3. The van der Waals surface area contributed by atoms with Crippen LogP contribution in [0.3, 0.4) is 0 Å². The van der Waals surface area contributed by atoms with Gasteiger partial charge in [-0.3, -0.25) is 4.90 Å². The number of hydrogen-bond acceptors (Lipinski definition) is 7. The average Bonchev–Trinajstić information content (AvgIpc) is 3.08. The fourth-order valence-electron chi connectivity index (χ4n) is 4.15. The van der Waals surface area contributed by atoms with Crippen LogP contribution in [-0.2, 0) is 16.5 Å². The second kappa shape index (κ2) is 8.12. The average molecular weight is 466 g/mol. The molecule has 2 aliphatic heterocycles. The van der Waals surface area contributed by atoms with Gasteiger partial charge in [-0.25, -0.2) is 29.5 Å². The van der Waals surface area contributed by atoms with Crippen molar-refractivity contribution in [3.63, 3.8) is 0 Å². The Labute approximate surface area is 186 Å². The number of carbonyl (C=O) groups is 2. The van der Waals surface area contributed by atoms with E-state index in [4.69, 9.17) is 4.74 Å². The zero-order valence-electron chi connectivity index (χ0n) is 17.8. The van der Waals surface area contributed by atoms with E-state index in [1.807, 2.05) is 0 Å². The molecule has 2 amide bonds. The Morgan fingerprint density at radius 1 is 1.24 bits per heavy atom. The molecule has 0 saturated carbocycles. The highest BCUT2D eigenvalue weighted by Crippen LogP contribution is 2.40. The number of aromatic nitrogens is 4. The topological polar surface area (TPSA) is 122 Å². The fraction of sp³-hybridized carbons (Fsp3) is 0.500. The number of aryl methyl sites for hydroxylation is 1. The number of amides is 2. The SMILES string of the molecule is Cc1ncc(C2(C)CN(c3ccnc(C(F)(F)F)n3)C(=O)O2)c(C2CCN(C(=O)O)CC2)n1. The number of carboxylic acid groups (broad SMARTS) is 1.